The predicted octanol–water partition coefficient (Wildman–Crippen LogP) is 6.19. The van der Waals surface area contributed by atoms with Gasteiger partial charge >= 0.3 is 0 Å². The number of aromatic nitrogens is 5. The Bertz CT molecular complexity index is 1740. The molecule has 0 unspecified atom stereocenters. The maximum atomic E-state index is 11.0. The number of rotatable bonds is 5. The zero-order valence-corrected chi connectivity index (χ0v) is 22.4. The molecule has 5 aromatic rings. The van der Waals surface area contributed by atoms with Crippen LogP contribution in [0.2, 0.25) is 5.02 Å². The number of halogens is 1. The molecule has 7 nitrogen and oxygen atoms in total. The highest BCUT2D eigenvalue weighted by molar-refractivity contribution is 6.32. The third-order valence-electron chi connectivity index (χ3n) is 7.62. The predicted molar refractivity (Wildman–Crippen MR) is 150 cm³/mol. The van der Waals surface area contributed by atoms with Gasteiger partial charge in [-0.05, 0) is 63.2 Å². The molecule has 196 valence electrons. The van der Waals surface area contributed by atoms with Crippen LogP contribution in [0, 0.1) is 12.8 Å². The lowest BCUT2D eigenvalue weighted by Crippen LogP contribution is -2.27. The molecule has 3 aromatic heterocycles. The fourth-order valence-electron chi connectivity index (χ4n) is 5.82. The Kier molecular flexibility index (Phi) is 5.41. The molecule has 1 N–H and O–H groups in total. The number of benzene rings is 2. The first-order valence-corrected chi connectivity index (χ1v) is 13.2. The van der Waals surface area contributed by atoms with Crippen molar-refractivity contribution < 1.29 is 14.0 Å². The maximum absolute atomic E-state index is 11.0. The van der Waals surface area contributed by atoms with Crippen LogP contribution in [0.15, 0.2) is 54.7 Å². The van der Waals surface area contributed by atoms with Gasteiger partial charge in [0.25, 0.3) is 0 Å². The lowest BCUT2D eigenvalue weighted by atomic mass is 9.86. The number of pyridine rings is 1. The van der Waals surface area contributed by atoms with Crippen molar-refractivity contribution in [3.8, 4) is 11.3 Å². The summed E-state index contributed by atoms with van der Waals surface area (Å²) in [4.78, 5) is 4.89. The minimum Gasteiger partial charge on any atom is -0.386 e. The van der Waals surface area contributed by atoms with Gasteiger partial charge in [-0.1, -0.05) is 47.1 Å². The Morgan fingerprint density at radius 3 is 2.61 bits per heavy atom. The van der Waals surface area contributed by atoms with Gasteiger partial charge in [0, 0.05) is 52.1 Å². The quantitative estimate of drug-likeness (QED) is 0.292. The Balaban J connectivity index is 1.71. The molecule has 1 fully saturated rings. The van der Waals surface area contributed by atoms with Crippen molar-refractivity contribution in [1.82, 2.24) is 24.5 Å². The SMILES string of the molecule is [2H]C([2H])([2H])c1nnn(C)c1-c1cnc2c3cc(Cl)c(C(C)(C)O)cc3n([C@H](c3ccccc3)C3CCOCC3)c2c1. The third kappa shape index (κ3) is 4.19. The molecule has 6 rings (SSSR count). The van der Waals surface area contributed by atoms with Crippen molar-refractivity contribution in [1.29, 1.82) is 0 Å². The average molecular weight is 533 g/mol. The van der Waals surface area contributed by atoms with E-state index in [1.807, 2.05) is 36.4 Å². The molecule has 2 aromatic carbocycles. The second-order valence-electron chi connectivity index (χ2n) is 10.6. The Labute approximate surface area is 231 Å². The number of nitrogens with zero attached hydrogens (tertiary/aromatic N) is 5. The van der Waals surface area contributed by atoms with Crippen LogP contribution in [-0.2, 0) is 17.4 Å². The van der Waals surface area contributed by atoms with Gasteiger partial charge in [-0.15, -0.1) is 5.10 Å². The molecule has 0 radical (unpaired) electrons. The molecule has 1 aliphatic heterocycles. The summed E-state index contributed by atoms with van der Waals surface area (Å²) < 4.78 is 33.6. The van der Waals surface area contributed by atoms with Crippen molar-refractivity contribution in [2.24, 2.45) is 13.0 Å². The molecule has 1 saturated heterocycles. The van der Waals surface area contributed by atoms with Gasteiger partial charge in [-0.2, -0.15) is 0 Å². The van der Waals surface area contributed by atoms with Crippen LogP contribution in [0.4, 0.5) is 0 Å². The van der Waals surface area contributed by atoms with E-state index in [4.69, 9.17) is 25.4 Å². The first-order chi connectivity index (χ1) is 19.4. The van der Waals surface area contributed by atoms with E-state index >= 15 is 0 Å². The summed E-state index contributed by atoms with van der Waals surface area (Å²) in [5, 5.41) is 20.3. The lowest BCUT2D eigenvalue weighted by molar-refractivity contribution is 0.0552. The summed E-state index contributed by atoms with van der Waals surface area (Å²) in [6.45, 7) is 2.37. The average Bonchev–Trinajstić information content (AvgIpc) is 3.47. The van der Waals surface area contributed by atoms with Gasteiger partial charge in [0.1, 0.15) is 0 Å². The largest absolute Gasteiger partial charge is 0.386 e. The van der Waals surface area contributed by atoms with E-state index in [-0.39, 0.29) is 17.7 Å². The molecule has 0 aliphatic carbocycles. The van der Waals surface area contributed by atoms with E-state index in [1.54, 1.807) is 27.1 Å². The van der Waals surface area contributed by atoms with Gasteiger partial charge in [0.05, 0.1) is 39.6 Å². The summed E-state index contributed by atoms with van der Waals surface area (Å²) >= 11 is 6.75. The van der Waals surface area contributed by atoms with Gasteiger partial charge in [0.2, 0.25) is 0 Å². The van der Waals surface area contributed by atoms with Crippen molar-refractivity contribution >= 4 is 33.5 Å². The first kappa shape index (κ1) is 21.6. The molecule has 1 atom stereocenters. The van der Waals surface area contributed by atoms with E-state index in [0.717, 1.165) is 40.3 Å². The molecule has 4 heterocycles. The molecule has 0 saturated carbocycles. The van der Waals surface area contributed by atoms with Crippen LogP contribution in [-0.4, -0.2) is 42.9 Å². The van der Waals surface area contributed by atoms with Crippen LogP contribution in [0.5, 0.6) is 0 Å². The molecule has 0 spiro atoms. The lowest BCUT2D eigenvalue weighted by Gasteiger charge is -2.33. The second kappa shape index (κ2) is 9.49. The monoisotopic (exact) mass is 532 g/mol. The molecule has 0 bridgehead atoms. The minimum atomic E-state index is -2.44. The Hall–Kier alpha value is -3.26. The zero-order chi connectivity index (χ0) is 29.1. The van der Waals surface area contributed by atoms with E-state index < -0.39 is 12.5 Å². The number of aliphatic hydroxyl groups is 1. The highest BCUT2D eigenvalue weighted by Crippen LogP contribution is 2.43. The summed E-state index contributed by atoms with van der Waals surface area (Å²) in [7, 11) is 1.68. The summed E-state index contributed by atoms with van der Waals surface area (Å²) in [5.41, 5.74) is 4.00. The third-order valence-corrected chi connectivity index (χ3v) is 7.93. The maximum Gasteiger partial charge on any atom is 0.0960 e. The number of aryl methyl sites for hydroxylation is 2. The van der Waals surface area contributed by atoms with Crippen molar-refractivity contribution in [3.63, 3.8) is 0 Å². The fraction of sp³-hybridized carbons (Fsp3) is 0.367. The smallest absolute Gasteiger partial charge is 0.0960 e. The second-order valence-corrected chi connectivity index (χ2v) is 11.0. The summed E-state index contributed by atoms with van der Waals surface area (Å²) in [6.07, 6.45) is 3.44. The van der Waals surface area contributed by atoms with E-state index in [9.17, 15) is 5.11 Å². The van der Waals surface area contributed by atoms with Gasteiger partial charge in [-0.3, -0.25) is 4.98 Å². The van der Waals surface area contributed by atoms with Gasteiger partial charge < -0.3 is 14.4 Å². The molecule has 38 heavy (non-hydrogen) atoms. The van der Waals surface area contributed by atoms with Crippen LogP contribution in [0.25, 0.3) is 33.2 Å². The van der Waals surface area contributed by atoms with Gasteiger partial charge in [0.15, 0.2) is 0 Å². The molecule has 0 amide bonds. The molecule has 8 heteroatoms. The Morgan fingerprint density at radius 2 is 1.89 bits per heavy atom. The van der Waals surface area contributed by atoms with E-state index in [1.165, 1.54) is 4.68 Å². The summed E-state index contributed by atoms with van der Waals surface area (Å²) in [5.74, 6) is 0.270. The van der Waals surface area contributed by atoms with E-state index in [2.05, 4.69) is 27.0 Å². The molecular weight excluding hydrogens is 498 g/mol. The van der Waals surface area contributed by atoms with Crippen LogP contribution in [0.1, 0.15) is 53.7 Å². The van der Waals surface area contributed by atoms with Crippen molar-refractivity contribution in [2.45, 2.75) is 45.2 Å². The van der Waals surface area contributed by atoms with Crippen LogP contribution in [0.3, 0.4) is 0 Å². The molecule has 1 aliphatic rings. The fourth-order valence-corrected chi connectivity index (χ4v) is 6.21. The standard InChI is InChI=1S/C30H32ClN5O2/c1-18-28(35(4)34-33-18)21-14-26-27(32-17-21)22-15-24(31)23(30(2,3)37)16-25(22)36(26)29(19-8-6-5-7-9-19)20-10-12-38-13-11-20/h5-9,14-17,20,29,37H,10-13H2,1-4H3/t29-/m1/s1/i1D3. The zero-order valence-electron chi connectivity index (χ0n) is 24.6. The highest BCUT2D eigenvalue weighted by atomic mass is 35.5. The minimum absolute atomic E-state index is 0.0692. The van der Waals surface area contributed by atoms with Gasteiger partial charge in [-0.25, -0.2) is 4.68 Å². The van der Waals surface area contributed by atoms with E-state index in [0.29, 0.717) is 35.1 Å². The Morgan fingerprint density at radius 1 is 1.13 bits per heavy atom. The van der Waals surface area contributed by atoms with Crippen LogP contribution >= 0.6 is 11.6 Å². The molecular formula is C30H32ClN5O2. The van der Waals surface area contributed by atoms with Crippen molar-refractivity contribution in [2.75, 3.05) is 13.2 Å². The summed E-state index contributed by atoms with van der Waals surface area (Å²) in [6, 6.07) is 16.1. The normalized spacial score (nSPS) is 17.4. The number of hydrogen-bond acceptors (Lipinski definition) is 5. The van der Waals surface area contributed by atoms with Crippen molar-refractivity contribution in [3.05, 3.63) is 76.6 Å². The number of hydrogen-bond donors (Lipinski definition) is 1. The van der Waals surface area contributed by atoms with Crippen LogP contribution < -0.4 is 0 Å². The number of fused-ring (bicyclic) bond motifs is 3. The topological polar surface area (TPSA) is 78.0 Å². The highest BCUT2D eigenvalue weighted by Gasteiger charge is 2.31. The number of ether oxygens (including phenoxy) is 1. The first-order valence-electron chi connectivity index (χ1n) is 14.3.